The van der Waals surface area contributed by atoms with E-state index in [1.807, 2.05) is 42.5 Å². The lowest BCUT2D eigenvalue weighted by Gasteiger charge is -2.15. The summed E-state index contributed by atoms with van der Waals surface area (Å²) in [6.07, 6.45) is 0.515. The highest BCUT2D eigenvalue weighted by Crippen LogP contribution is 2.27. The number of para-hydroxylation sites is 1. The van der Waals surface area contributed by atoms with Crippen molar-refractivity contribution >= 4 is 17.7 Å². The number of hydrogen-bond donors (Lipinski definition) is 3. The molecule has 27 heavy (non-hydrogen) atoms. The van der Waals surface area contributed by atoms with Crippen LogP contribution in [0.15, 0.2) is 53.5 Å². The van der Waals surface area contributed by atoms with Gasteiger partial charge in [-0.05, 0) is 29.3 Å². The summed E-state index contributed by atoms with van der Waals surface area (Å²) >= 11 is 0. The summed E-state index contributed by atoms with van der Waals surface area (Å²) < 4.78 is 10.5. The smallest absolute Gasteiger partial charge is 0.411 e. The second-order valence-electron chi connectivity index (χ2n) is 6.17. The number of rotatable bonds is 5. The van der Waals surface area contributed by atoms with Gasteiger partial charge in [0.25, 0.3) is 0 Å². The minimum atomic E-state index is -0.484. The number of methoxy groups -OCH3 is 1. The SMILES string of the molecule is CN=C(NCc1ccc(NC(=O)OC)cc1)NCC1Cc2ccccc2O1. The maximum atomic E-state index is 11.2. The maximum Gasteiger partial charge on any atom is 0.411 e. The predicted octanol–water partition coefficient (Wildman–Crippen LogP) is 2.53. The van der Waals surface area contributed by atoms with E-state index in [1.165, 1.54) is 12.7 Å². The number of hydrogen-bond acceptors (Lipinski definition) is 4. The van der Waals surface area contributed by atoms with Crippen LogP contribution in [-0.2, 0) is 17.7 Å². The highest BCUT2D eigenvalue weighted by atomic mass is 16.5. The fourth-order valence-electron chi connectivity index (χ4n) is 2.86. The summed E-state index contributed by atoms with van der Waals surface area (Å²) in [7, 11) is 3.07. The molecule has 2 aromatic rings. The molecule has 3 N–H and O–H groups in total. The zero-order valence-corrected chi connectivity index (χ0v) is 15.5. The summed E-state index contributed by atoms with van der Waals surface area (Å²) in [5.41, 5.74) is 3.00. The van der Waals surface area contributed by atoms with E-state index in [4.69, 9.17) is 4.74 Å². The van der Waals surface area contributed by atoms with Crippen molar-refractivity contribution in [2.75, 3.05) is 26.0 Å². The van der Waals surface area contributed by atoms with E-state index in [1.54, 1.807) is 7.05 Å². The van der Waals surface area contributed by atoms with Crippen molar-refractivity contribution in [3.8, 4) is 5.75 Å². The molecule has 1 aliphatic rings. The van der Waals surface area contributed by atoms with E-state index >= 15 is 0 Å². The van der Waals surface area contributed by atoms with Gasteiger partial charge < -0.3 is 20.1 Å². The van der Waals surface area contributed by atoms with Crippen molar-refractivity contribution in [1.29, 1.82) is 0 Å². The molecule has 142 valence electrons. The fraction of sp³-hybridized carbons (Fsp3) is 0.300. The third-order valence-corrected chi connectivity index (χ3v) is 4.28. The number of guanidine groups is 1. The molecule has 0 aromatic heterocycles. The van der Waals surface area contributed by atoms with E-state index in [0.717, 1.165) is 17.7 Å². The number of fused-ring (bicyclic) bond motifs is 1. The van der Waals surface area contributed by atoms with Gasteiger partial charge in [0.1, 0.15) is 11.9 Å². The van der Waals surface area contributed by atoms with Crippen LogP contribution in [0.5, 0.6) is 5.75 Å². The zero-order chi connectivity index (χ0) is 19.1. The molecule has 7 heteroatoms. The van der Waals surface area contributed by atoms with Crippen molar-refractivity contribution in [3.05, 3.63) is 59.7 Å². The average molecular weight is 368 g/mol. The van der Waals surface area contributed by atoms with Gasteiger partial charge >= 0.3 is 6.09 Å². The standard InChI is InChI=1S/C20H24N4O3/c1-21-19(23-13-17-11-15-5-3-4-6-18(15)27-17)22-12-14-7-9-16(10-8-14)24-20(25)26-2/h3-10,17H,11-13H2,1-2H3,(H,24,25)(H2,21,22,23). The fourth-order valence-corrected chi connectivity index (χ4v) is 2.86. The lowest BCUT2D eigenvalue weighted by atomic mass is 10.1. The Bertz CT molecular complexity index is 780. The lowest BCUT2D eigenvalue weighted by molar-refractivity contribution is 0.187. The molecule has 0 bridgehead atoms. The largest absolute Gasteiger partial charge is 0.488 e. The first kappa shape index (κ1) is 18.6. The zero-order valence-electron chi connectivity index (χ0n) is 15.5. The molecule has 1 aliphatic heterocycles. The molecule has 0 saturated carbocycles. The predicted molar refractivity (Wildman–Crippen MR) is 105 cm³/mol. The number of ether oxygens (including phenoxy) is 2. The second-order valence-corrected chi connectivity index (χ2v) is 6.17. The Morgan fingerprint density at radius 1 is 1.19 bits per heavy atom. The molecule has 1 atom stereocenters. The first-order chi connectivity index (χ1) is 13.2. The van der Waals surface area contributed by atoms with Gasteiger partial charge in [-0.2, -0.15) is 0 Å². The Morgan fingerprint density at radius 2 is 1.96 bits per heavy atom. The van der Waals surface area contributed by atoms with Crippen molar-refractivity contribution in [3.63, 3.8) is 0 Å². The van der Waals surface area contributed by atoms with Crippen LogP contribution in [0, 0.1) is 0 Å². The topological polar surface area (TPSA) is 84.0 Å². The van der Waals surface area contributed by atoms with Crippen LogP contribution in [0.1, 0.15) is 11.1 Å². The number of carbonyl (C=O) groups excluding carboxylic acids is 1. The molecular formula is C20H24N4O3. The Balaban J connectivity index is 1.44. The molecule has 0 spiro atoms. The molecule has 1 amide bonds. The Kier molecular flexibility index (Phi) is 6.14. The molecule has 0 saturated heterocycles. The summed E-state index contributed by atoms with van der Waals surface area (Å²) in [5.74, 6) is 1.68. The normalized spacial score (nSPS) is 15.5. The van der Waals surface area contributed by atoms with Gasteiger partial charge in [0.2, 0.25) is 0 Å². The minimum absolute atomic E-state index is 0.102. The number of carbonyl (C=O) groups is 1. The molecule has 7 nitrogen and oxygen atoms in total. The third kappa shape index (κ3) is 5.13. The van der Waals surface area contributed by atoms with Crippen LogP contribution in [0.25, 0.3) is 0 Å². The van der Waals surface area contributed by atoms with Crippen molar-refractivity contribution in [2.24, 2.45) is 4.99 Å². The second kappa shape index (κ2) is 8.93. The maximum absolute atomic E-state index is 11.2. The third-order valence-electron chi connectivity index (χ3n) is 4.28. The molecule has 0 radical (unpaired) electrons. The van der Waals surface area contributed by atoms with Crippen LogP contribution in [0.2, 0.25) is 0 Å². The van der Waals surface area contributed by atoms with Gasteiger partial charge in [0, 0.05) is 25.7 Å². The van der Waals surface area contributed by atoms with Crippen LogP contribution in [0.4, 0.5) is 10.5 Å². The number of nitrogens with zero attached hydrogens (tertiary/aromatic N) is 1. The molecule has 0 fully saturated rings. The highest BCUT2D eigenvalue weighted by Gasteiger charge is 2.22. The summed E-state index contributed by atoms with van der Waals surface area (Å²) in [5, 5.41) is 9.20. The van der Waals surface area contributed by atoms with Crippen molar-refractivity contribution < 1.29 is 14.3 Å². The van der Waals surface area contributed by atoms with Crippen LogP contribution in [-0.4, -0.2) is 38.9 Å². The molecule has 1 unspecified atom stereocenters. The van der Waals surface area contributed by atoms with E-state index in [2.05, 4.69) is 31.7 Å². The summed E-state index contributed by atoms with van der Waals surface area (Å²) in [6, 6.07) is 15.6. The Morgan fingerprint density at radius 3 is 2.67 bits per heavy atom. The van der Waals surface area contributed by atoms with Gasteiger partial charge in [0.15, 0.2) is 5.96 Å². The monoisotopic (exact) mass is 368 g/mol. The first-order valence-electron chi connectivity index (χ1n) is 8.81. The molecule has 0 aliphatic carbocycles. The number of amides is 1. The Hall–Kier alpha value is -3.22. The quantitative estimate of drug-likeness (QED) is 0.558. The lowest BCUT2D eigenvalue weighted by Crippen LogP contribution is -2.41. The number of aliphatic imine (C=N–C) groups is 1. The van der Waals surface area contributed by atoms with Gasteiger partial charge in [-0.3, -0.25) is 10.3 Å². The van der Waals surface area contributed by atoms with Crippen molar-refractivity contribution in [1.82, 2.24) is 10.6 Å². The Labute approximate surface area is 158 Å². The molecule has 1 heterocycles. The summed E-state index contributed by atoms with van der Waals surface area (Å²) in [6.45, 7) is 1.29. The van der Waals surface area contributed by atoms with E-state index in [0.29, 0.717) is 24.7 Å². The molecule has 3 rings (SSSR count). The van der Waals surface area contributed by atoms with Gasteiger partial charge in [-0.1, -0.05) is 30.3 Å². The van der Waals surface area contributed by atoms with Gasteiger partial charge in [0.05, 0.1) is 13.7 Å². The van der Waals surface area contributed by atoms with E-state index in [-0.39, 0.29) is 6.10 Å². The summed E-state index contributed by atoms with van der Waals surface area (Å²) in [4.78, 5) is 15.4. The van der Waals surface area contributed by atoms with Gasteiger partial charge in [-0.15, -0.1) is 0 Å². The highest BCUT2D eigenvalue weighted by molar-refractivity contribution is 5.84. The van der Waals surface area contributed by atoms with Gasteiger partial charge in [-0.25, -0.2) is 4.79 Å². The van der Waals surface area contributed by atoms with Crippen LogP contribution in [0.3, 0.4) is 0 Å². The molecular weight excluding hydrogens is 344 g/mol. The van der Waals surface area contributed by atoms with E-state index in [9.17, 15) is 4.79 Å². The van der Waals surface area contributed by atoms with Crippen LogP contribution < -0.4 is 20.7 Å². The average Bonchev–Trinajstić information content (AvgIpc) is 3.12. The van der Waals surface area contributed by atoms with Crippen molar-refractivity contribution in [2.45, 2.75) is 19.1 Å². The first-order valence-corrected chi connectivity index (χ1v) is 8.81. The number of nitrogens with one attached hydrogen (secondary N) is 3. The molecule has 2 aromatic carbocycles. The minimum Gasteiger partial charge on any atom is -0.488 e. The number of benzene rings is 2. The number of anilines is 1. The van der Waals surface area contributed by atoms with Crippen LogP contribution >= 0.6 is 0 Å². The van der Waals surface area contributed by atoms with E-state index < -0.39 is 6.09 Å².